The fourth-order valence-electron chi connectivity index (χ4n) is 6.30. The summed E-state index contributed by atoms with van der Waals surface area (Å²) in [6.45, 7) is 1.96. The van der Waals surface area contributed by atoms with Gasteiger partial charge in [0, 0.05) is 18.6 Å². The van der Waals surface area contributed by atoms with Gasteiger partial charge in [0.05, 0.1) is 13.2 Å². The first-order chi connectivity index (χ1) is 14.5. The molecule has 0 radical (unpaired) electrons. The molecule has 4 saturated carbocycles. The number of morpholine rings is 1. The van der Waals surface area contributed by atoms with Gasteiger partial charge in [-0.25, -0.2) is 4.98 Å². The molecule has 30 heavy (non-hydrogen) atoms. The van der Waals surface area contributed by atoms with Gasteiger partial charge in [0.15, 0.2) is 17.6 Å². The molecule has 4 aliphatic carbocycles. The summed E-state index contributed by atoms with van der Waals surface area (Å²) in [6.07, 6.45) is 9.01. The Morgan fingerprint density at radius 3 is 2.43 bits per heavy atom. The third kappa shape index (κ3) is 3.98. The summed E-state index contributed by atoms with van der Waals surface area (Å²) in [5.74, 6) is 1.50. The Balaban J connectivity index is 1.26. The molecule has 7 nitrogen and oxygen atoms in total. The number of amides is 1. The molecule has 5 aliphatic rings. The summed E-state index contributed by atoms with van der Waals surface area (Å²) in [5.41, 5.74) is -0.0806. The smallest absolute Gasteiger partial charge is 0.258 e. The molecular formula is C21H29FN4O3S. The van der Waals surface area contributed by atoms with Crippen molar-refractivity contribution in [2.75, 3.05) is 44.1 Å². The lowest BCUT2D eigenvalue weighted by Gasteiger charge is -2.56. The van der Waals surface area contributed by atoms with Crippen molar-refractivity contribution in [3.05, 3.63) is 5.82 Å². The number of hydrogen-bond acceptors (Lipinski definition) is 7. The lowest BCUT2D eigenvalue weighted by Crippen LogP contribution is -2.60. The van der Waals surface area contributed by atoms with Crippen molar-refractivity contribution >= 4 is 23.5 Å². The van der Waals surface area contributed by atoms with Gasteiger partial charge in [-0.05, 0) is 62.5 Å². The van der Waals surface area contributed by atoms with Crippen molar-refractivity contribution < 1.29 is 18.7 Å². The summed E-state index contributed by atoms with van der Waals surface area (Å²) in [6, 6.07) is 0. The van der Waals surface area contributed by atoms with Gasteiger partial charge in [0.25, 0.3) is 11.8 Å². The quantitative estimate of drug-likeness (QED) is 0.543. The van der Waals surface area contributed by atoms with Gasteiger partial charge in [-0.1, -0.05) is 11.8 Å². The molecule has 0 atom stereocenters. The molecule has 2 heterocycles. The van der Waals surface area contributed by atoms with Gasteiger partial charge in [0.1, 0.15) is 0 Å². The average molecular weight is 437 g/mol. The molecular weight excluding hydrogens is 407 g/mol. The van der Waals surface area contributed by atoms with Gasteiger partial charge in [-0.2, -0.15) is 9.37 Å². The topological polar surface area (TPSA) is 76.6 Å². The number of carbonyl (C=O) groups excluding carboxylic acids is 1. The summed E-state index contributed by atoms with van der Waals surface area (Å²) in [7, 11) is 0. The first-order valence-electron chi connectivity index (χ1n) is 10.9. The molecule has 1 aliphatic heterocycles. The van der Waals surface area contributed by atoms with Crippen LogP contribution in [0.5, 0.6) is 5.88 Å². The van der Waals surface area contributed by atoms with Gasteiger partial charge in [-0.15, -0.1) is 0 Å². The normalized spacial score (nSPS) is 32.3. The predicted octanol–water partition coefficient (Wildman–Crippen LogP) is 2.64. The SMILES string of the molecule is CSc1nc(OCC(=O)NC23CC4CC(CC(C4)C2)C3)c(F)c(N2CCOCC2)n1. The highest BCUT2D eigenvalue weighted by Crippen LogP contribution is 2.55. The Morgan fingerprint density at radius 2 is 1.83 bits per heavy atom. The van der Waals surface area contributed by atoms with Crippen LogP contribution in [0.25, 0.3) is 0 Å². The number of nitrogens with one attached hydrogen (secondary N) is 1. The Labute approximate surface area is 180 Å². The van der Waals surface area contributed by atoms with Crippen LogP contribution >= 0.6 is 11.8 Å². The summed E-state index contributed by atoms with van der Waals surface area (Å²) in [5, 5.41) is 3.68. The van der Waals surface area contributed by atoms with Crippen molar-refractivity contribution in [2.24, 2.45) is 17.8 Å². The van der Waals surface area contributed by atoms with E-state index >= 15 is 4.39 Å². The zero-order valence-electron chi connectivity index (χ0n) is 17.4. The van der Waals surface area contributed by atoms with E-state index in [1.165, 1.54) is 31.0 Å². The van der Waals surface area contributed by atoms with Crippen LogP contribution in [-0.4, -0.2) is 60.6 Å². The third-order valence-electron chi connectivity index (χ3n) is 7.06. The first-order valence-corrected chi connectivity index (χ1v) is 12.1. The molecule has 6 rings (SSSR count). The lowest BCUT2D eigenvalue weighted by molar-refractivity contribution is -0.129. The maximum atomic E-state index is 15.1. The number of halogens is 1. The number of rotatable bonds is 6. The summed E-state index contributed by atoms with van der Waals surface area (Å²) < 4.78 is 26.0. The van der Waals surface area contributed by atoms with Gasteiger partial charge < -0.3 is 19.7 Å². The molecule has 1 saturated heterocycles. The second kappa shape index (κ2) is 8.15. The Hall–Kier alpha value is -1.61. The van der Waals surface area contributed by atoms with E-state index in [9.17, 15) is 4.79 Å². The monoisotopic (exact) mass is 436 g/mol. The molecule has 164 valence electrons. The van der Waals surface area contributed by atoms with E-state index in [0.29, 0.717) is 31.5 Å². The number of carbonyl (C=O) groups is 1. The van der Waals surface area contributed by atoms with Gasteiger partial charge >= 0.3 is 0 Å². The van der Waals surface area contributed by atoms with Gasteiger partial charge in [-0.3, -0.25) is 4.79 Å². The standard InChI is InChI=1S/C21H29FN4O3S/c1-30-20-23-18(26-2-4-28-5-3-26)17(22)19(24-20)29-12-16(27)25-21-9-13-6-14(10-21)8-15(7-13)11-21/h13-15H,2-12H2,1H3,(H,25,27). The number of nitrogens with zero attached hydrogens (tertiary/aromatic N) is 3. The minimum absolute atomic E-state index is 0.0806. The van der Waals surface area contributed by atoms with Crippen molar-refractivity contribution in [1.29, 1.82) is 0 Å². The molecule has 1 aromatic heterocycles. The predicted molar refractivity (Wildman–Crippen MR) is 111 cm³/mol. The average Bonchev–Trinajstić information content (AvgIpc) is 2.72. The van der Waals surface area contributed by atoms with Crippen LogP contribution in [0.15, 0.2) is 5.16 Å². The summed E-state index contributed by atoms with van der Waals surface area (Å²) >= 11 is 1.32. The maximum Gasteiger partial charge on any atom is 0.258 e. The zero-order chi connectivity index (χ0) is 20.7. The van der Waals surface area contributed by atoms with Crippen LogP contribution in [0, 0.1) is 23.6 Å². The molecule has 1 N–H and O–H groups in total. The minimum atomic E-state index is -0.614. The van der Waals surface area contributed by atoms with E-state index in [1.54, 1.807) is 0 Å². The van der Waals surface area contributed by atoms with Gasteiger partial charge in [0.2, 0.25) is 5.82 Å². The number of aromatic nitrogens is 2. The molecule has 9 heteroatoms. The fourth-order valence-corrected chi connectivity index (χ4v) is 6.65. The van der Waals surface area contributed by atoms with Crippen LogP contribution in [0.3, 0.4) is 0 Å². The van der Waals surface area contributed by atoms with Crippen molar-refractivity contribution in [3.8, 4) is 5.88 Å². The fraction of sp³-hybridized carbons (Fsp3) is 0.762. The number of anilines is 1. The van der Waals surface area contributed by atoms with E-state index < -0.39 is 5.82 Å². The van der Waals surface area contributed by atoms with Crippen molar-refractivity contribution in [3.63, 3.8) is 0 Å². The molecule has 1 aromatic rings. The van der Waals surface area contributed by atoms with E-state index in [4.69, 9.17) is 9.47 Å². The highest BCUT2D eigenvalue weighted by molar-refractivity contribution is 7.98. The van der Waals surface area contributed by atoms with Crippen LogP contribution < -0.4 is 15.0 Å². The van der Waals surface area contributed by atoms with E-state index in [0.717, 1.165) is 37.0 Å². The minimum Gasteiger partial charge on any atom is -0.465 e. The molecule has 0 unspecified atom stereocenters. The molecule has 0 spiro atoms. The Kier molecular flexibility index (Phi) is 5.51. The molecule has 4 bridgehead atoms. The van der Waals surface area contributed by atoms with Crippen LogP contribution in [-0.2, 0) is 9.53 Å². The first kappa shape index (κ1) is 20.3. The van der Waals surface area contributed by atoms with Crippen molar-refractivity contribution in [2.45, 2.75) is 49.2 Å². The lowest BCUT2D eigenvalue weighted by atomic mass is 9.53. The number of ether oxygens (including phenoxy) is 2. The second-order valence-corrected chi connectivity index (χ2v) is 10.1. The van der Waals surface area contributed by atoms with Crippen LogP contribution in [0.4, 0.5) is 10.2 Å². The van der Waals surface area contributed by atoms with E-state index in [1.807, 2.05) is 11.2 Å². The summed E-state index contributed by atoms with van der Waals surface area (Å²) in [4.78, 5) is 23.0. The van der Waals surface area contributed by atoms with Crippen LogP contribution in [0.2, 0.25) is 0 Å². The number of thioether (sulfide) groups is 1. The van der Waals surface area contributed by atoms with E-state index in [-0.39, 0.29) is 29.8 Å². The molecule has 0 aromatic carbocycles. The van der Waals surface area contributed by atoms with E-state index in [2.05, 4.69) is 15.3 Å². The highest BCUT2D eigenvalue weighted by Gasteiger charge is 2.51. The Morgan fingerprint density at radius 1 is 1.20 bits per heavy atom. The highest BCUT2D eigenvalue weighted by atomic mass is 32.2. The Bertz CT molecular complexity index is 782. The zero-order valence-corrected chi connectivity index (χ0v) is 18.2. The largest absolute Gasteiger partial charge is 0.465 e. The van der Waals surface area contributed by atoms with Crippen molar-refractivity contribution in [1.82, 2.24) is 15.3 Å². The molecule has 5 fully saturated rings. The number of hydrogen-bond donors (Lipinski definition) is 1. The van der Waals surface area contributed by atoms with Crippen LogP contribution in [0.1, 0.15) is 38.5 Å². The maximum absolute atomic E-state index is 15.1. The second-order valence-electron chi connectivity index (χ2n) is 9.29. The third-order valence-corrected chi connectivity index (χ3v) is 7.61. The molecule has 1 amide bonds.